The van der Waals surface area contributed by atoms with Crippen molar-refractivity contribution in [2.75, 3.05) is 33.4 Å². The van der Waals surface area contributed by atoms with E-state index in [0.717, 1.165) is 4.90 Å². The number of urea groups is 1. The number of carbonyl (C=O) groups is 1. The van der Waals surface area contributed by atoms with Gasteiger partial charge in [-0.25, -0.2) is 13.6 Å². The summed E-state index contributed by atoms with van der Waals surface area (Å²) in [6, 6.07) is -0.495. The molecule has 2 amide bonds. The Bertz CT molecular complexity index is 199. The summed E-state index contributed by atoms with van der Waals surface area (Å²) in [5.41, 5.74) is 0. The predicted octanol–water partition coefficient (Wildman–Crippen LogP) is 0.293. The molecular formula is C7H12F2N2O2. The van der Waals surface area contributed by atoms with Crippen LogP contribution < -0.4 is 5.32 Å². The Morgan fingerprint density at radius 1 is 1.62 bits per heavy atom. The number of hydrogen-bond acceptors (Lipinski definition) is 2. The van der Waals surface area contributed by atoms with Crippen LogP contribution >= 0.6 is 0 Å². The lowest BCUT2D eigenvalue weighted by molar-refractivity contribution is -0.0651. The third-order valence-corrected chi connectivity index (χ3v) is 1.74. The SMILES string of the molecule is CNC(=O)N1CCOCC(F)(F)C1. The number of alkyl halides is 2. The van der Waals surface area contributed by atoms with Gasteiger partial charge in [-0.1, -0.05) is 0 Å². The molecule has 1 rings (SSSR count). The molecule has 1 fully saturated rings. The molecular weight excluding hydrogens is 182 g/mol. The number of amides is 2. The fourth-order valence-corrected chi connectivity index (χ4v) is 1.13. The molecule has 0 atom stereocenters. The first-order chi connectivity index (χ1) is 6.05. The van der Waals surface area contributed by atoms with Crippen LogP contribution in [0.4, 0.5) is 13.6 Å². The highest BCUT2D eigenvalue weighted by Crippen LogP contribution is 2.18. The Balaban J connectivity index is 2.59. The molecule has 0 radical (unpaired) electrons. The van der Waals surface area contributed by atoms with Gasteiger partial charge < -0.3 is 15.0 Å². The average molecular weight is 194 g/mol. The minimum absolute atomic E-state index is 0.156. The summed E-state index contributed by atoms with van der Waals surface area (Å²) < 4.78 is 30.4. The average Bonchev–Trinajstić information content (AvgIpc) is 2.25. The topological polar surface area (TPSA) is 41.6 Å². The number of ether oxygens (including phenoxy) is 1. The summed E-state index contributed by atoms with van der Waals surface area (Å²) in [6.07, 6.45) is 0. The van der Waals surface area contributed by atoms with Crippen molar-refractivity contribution in [3.05, 3.63) is 0 Å². The van der Waals surface area contributed by atoms with E-state index in [1.54, 1.807) is 0 Å². The molecule has 76 valence electrons. The fraction of sp³-hybridized carbons (Fsp3) is 0.857. The van der Waals surface area contributed by atoms with Crippen molar-refractivity contribution in [3.8, 4) is 0 Å². The van der Waals surface area contributed by atoms with E-state index >= 15 is 0 Å². The highest BCUT2D eigenvalue weighted by molar-refractivity contribution is 5.73. The fourth-order valence-electron chi connectivity index (χ4n) is 1.13. The molecule has 0 aromatic rings. The largest absolute Gasteiger partial charge is 0.373 e. The molecule has 0 aromatic carbocycles. The maximum absolute atomic E-state index is 12.9. The second-order valence-corrected chi connectivity index (χ2v) is 2.89. The summed E-state index contributed by atoms with van der Waals surface area (Å²) in [5.74, 6) is -2.94. The van der Waals surface area contributed by atoms with Crippen LogP contribution in [0.2, 0.25) is 0 Å². The number of nitrogens with zero attached hydrogens (tertiary/aromatic N) is 1. The van der Waals surface area contributed by atoms with E-state index < -0.39 is 25.1 Å². The monoisotopic (exact) mass is 194 g/mol. The van der Waals surface area contributed by atoms with E-state index in [-0.39, 0.29) is 13.2 Å². The van der Waals surface area contributed by atoms with Crippen molar-refractivity contribution < 1.29 is 18.3 Å². The Hall–Kier alpha value is -0.910. The maximum atomic E-state index is 12.9. The molecule has 0 unspecified atom stereocenters. The zero-order chi connectivity index (χ0) is 9.90. The van der Waals surface area contributed by atoms with Gasteiger partial charge in [-0.2, -0.15) is 0 Å². The molecule has 13 heavy (non-hydrogen) atoms. The summed E-state index contributed by atoms with van der Waals surface area (Å²) >= 11 is 0. The minimum atomic E-state index is -2.94. The molecule has 0 saturated carbocycles. The smallest absolute Gasteiger partial charge is 0.317 e. The molecule has 0 spiro atoms. The first-order valence-electron chi connectivity index (χ1n) is 3.97. The molecule has 0 aliphatic carbocycles. The molecule has 1 aliphatic heterocycles. The zero-order valence-electron chi connectivity index (χ0n) is 7.35. The van der Waals surface area contributed by atoms with Crippen LogP contribution in [0.15, 0.2) is 0 Å². The van der Waals surface area contributed by atoms with Gasteiger partial charge >= 0.3 is 6.03 Å². The van der Waals surface area contributed by atoms with E-state index in [2.05, 4.69) is 10.1 Å². The van der Waals surface area contributed by atoms with Gasteiger partial charge in [0.05, 0.1) is 13.2 Å². The van der Waals surface area contributed by atoms with Crippen LogP contribution in [0, 0.1) is 0 Å². The highest BCUT2D eigenvalue weighted by atomic mass is 19.3. The van der Waals surface area contributed by atoms with Crippen molar-refractivity contribution in [2.45, 2.75) is 5.92 Å². The Morgan fingerprint density at radius 2 is 2.31 bits per heavy atom. The van der Waals surface area contributed by atoms with Crippen LogP contribution in [-0.2, 0) is 4.74 Å². The van der Waals surface area contributed by atoms with E-state index in [1.165, 1.54) is 7.05 Å². The van der Waals surface area contributed by atoms with E-state index in [4.69, 9.17) is 0 Å². The third kappa shape index (κ3) is 2.80. The lowest BCUT2D eigenvalue weighted by Crippen LogP contribution is -2.45. The van der Waals surface area contributed by atoms with E-state index in [9.17, 15) is 13.6 Å². The number of rotatable bonds is 0. The summed E-state index contributed by atoms with van der Waals surface area (Å²) in [7, 11) is 1.41. The zero-order valence-corrected chi connectivity index (χ0v) is 7.35. The standard InChI is InChI=1S/C7H12F2N2O2/c1-10-6(12)11-2-3-13-5-7(8,9)4-11/h2-5H2,1H3,(H,10,12). The molecule has 0 aromatic heterocycles. The normalized spacial score (nSPS) is 22.2. The molecule has 6 heteroatoms. The quantitative estimate of drug-likeness (QED) is 0.602. The van der Waals surface area contributed by atoms with Gasteiger partial charge in [0, 0.05) is 13.6 Å². The van der Waals surface area contributed by atoms with Crippen LogP contribution in [0.3, 0.4) is 0 Å². The summed E-state index contributed by atoms with van der Waals surface area (Å²) in [4.78, 5) is 12.1. The second kappa shape index (κ2) is 3.87. The summed E-state index contributed by atoms with van der Waals surface area (Å²) in [6.45, 7) is -0.828. The number of nitrogens with one attached hydrogen (secondary N) is 1. The van der Waals surface area contributed by atoms with Crippen LogP contribution in [0.5, 0.6) is 0 Å². The second-order valence-electron chi connectivity index (χ2n) is 2.89. The molecule has 1 heterocycles. The predicted molar refractivity (Wildman–Crippen MR) is 41.8 cm³/mol. The molecule has 1 saturated heterocycles. The van der Waals surface area contributed by atoms with Gasteiger partial charge in [0.2, 0.25) is 0 Å². The third-order valence-electron chi connectivity index (χ3n) is 1.74. The van der Waals surface area contributed by atoms with Crippen molar-refractivity contribution in [1.29, 1.82) is 0 Å². The molecule has 4 nitrogen and oxygen atoms in total. The van der Waals surface area contributed by atoms with Crippen molar-refractivity contribution in [1.82, 2.24) is 10.2 Å². The Kier molecular flexibility index (Phi) is 3.02. The van der Waals surface area contributed by atoms with E-state index in [1.807, 2.05) is 0 Å². The maximum Gasteiger partial charge on any atom is 0.317 e. The lowest BCUT2D eigenvalue weighted by Gasteiger charge is -2.22. The van der Waals surface area contributed by atoms with Gasteiger partial charge in [-0.3, -0.25) is 0 Å². The molecule has 1 aliphatic rings. The molecule has 1 N–H and O–H groups in total. The van der Waals surface area contributed by atoms with Crippen molar-refractivity contribution >= 4 is 6.03 Å². The highest BCUT2D eigenvalue weighted by Gasteiger charge is 2.35. The molecule has 0 bridgehead atoms. The van der Waals surface area contributed by atoms with Crippen LogP contribution in [0.25, 0.3) is 0 Å². The first-order valence-corrected chi connectivity index (χ1v) is 3.97. The lowest BCUT2D eigenvalue weighted by atomic mass is 10.3. The van der Waals surface area contributed by atoms with Gasteiger partial charge in [-0.15, -0.1) is 0 Å². The van der Waals surface area contributed by atoms with Crippen LogP contribution in [-0.4, -0.2) is 50.2 Å². The van der Waals surface area contributed by atoms with Crippen molar-refractivity contribution in [3.63, 3.8) is 0 Å². The van der Waals surface area contributed by atoms with E-state index in [0.29, 0.717) is 0 Å². The first kappa shape index (κ1) is 10.2. The number of halogens is 2. The van der Waals surface area contributed by atoms with Gasteiger partial charge in [0.15, 0.2) is 0 Å². The van der Waals surface area contributed by atoms with Crippen molar-refractivity contribution in [2.24, 2.45) is 0 Å². The number of carbonyl (C=O) groups excluding carboxylic acids is 1. The Morgan fingerprint density at radius 3 is 2.92 bits per heavy atom. The summed E-state index contributed by atoms with van der Waals surface area (Å²) in [5, 5.41) is 2.30. The minimum Gasteiger partial charge on any atom is -0.373 e. The Labute approximate surface area is 74.8 Å². The van der Waals surface area contributed by atoms with Crippen LogP contribution in [0.1, 0.15) is 0 Å². The van der Waals surface area contributed by atoms with Gasteiger partial charge in [0.25, 0.3) is 5.92 Å². The van der Waals surface area contributed by atoms with Gasteiger partial charge in [0.1, 0.15) is 6.61 Å². The number of hydrogen-bond donors (Lipinski definition) is 1. The van der Waals surface area contributed by atoms with Gasteiger partial charge in [-0.05, 0) is 0 Å².